The van der Waals surface area contributed by atoms with Crippen LogP contribution < -0.4 is 10.2 Å². The van der Waals surface area contributed by atoms with Crippen LogP contribution in [-0.4, -0.2) is 30.7 Å². The molecule has 0 radical (unpaired) electrons. The molecule has 3 rings (SSSR count). The molecule has 0 saturated carbocycles. The third-order valence-corrected chi connectivity index (χ3v) is 4.38. The standard InChI is InChI=1S/C16H25N3/c1-2-11-19(14-6-4-10-17-12-14)16-9-8-13-5-3-7-15(13)18-16/h8-9,14,17H,2-7,10-12H2,1H3. The van der Waals surface area contributed by atoms with E-state index in [1.165, 1.54) is 62.1 Å². The molecule has 1 unspecified atom stereocenters. The van der Waals surface area contributed by atoms with Crippen molar-refractivity contribution in [2.24, 2.45) is 0 Å². The first-order chi connectivity index (χ1) is 9.38. The minimum absolute atomic E-state index is 0.626. The quantitative estimate of drug-likeness (QED) is 0.900. The molecule has 1 saturated heterocycles. The van der Waals surface area contributed by atoms with Crippen molar-refractivity contribution in [2.75, 3.05) is 24.5 Å². The molecular weight excluding hydrogens is 234 g/mol. The number of fused-ring (bicyclic) bond motifs is 1. The van der Waals surface area contributed by atoms with Crippen LogP contribution in [0, 0.1) is 0 Å². The molecule has 1 N–H and O–H groups in total. The summed E-state index contributed by atoms with van der Waals surface area (Å²) in [6.45, 7) is 5.67. The van der Waals surface area contributed by atoms with Crippen LogP contribution in [-0.2, 0) is 12.8 Å². The van der Waals surface area contributed by atoms with Gasteiger partial charge in [-0.3, -0.25) is 0 Å². The van der Waals surface area contributed by atoms with E-state index in [-0.39, 0.29) is 0 Å². The predicted octanol–water partition coefficient (Wildman–Crippen LogP) is 2.54. The van der Waals surface area contributed by atoms with Gasteiger partial charge in [0.15, 0.2) is 0 Å². The zero-order chi connectivity index (χ0) is 13.1. The lowest BCUT2D eigenvalue weighted by molar-refractivity contribution is 0.428. The van der Waals surface area contributed by atoms with Crippen LogP contribution in [0.4, 0.5) is 5.82 Å². The number of piperidine rings is 1. The van der Waals surface area contributed by atoms with Crippen LogP contribution >= 0.6 is 0 Å². The minimum atomic E-state index is 0.626. The number of rotatable bonds is 4. The molecule has 104 valence electrons. The Morgan fingerprint density at radius 3 is 3.05 bits per heavy atom. The minimum Gasteiger partial charge on any atom is -0.352 e. The maximum absolute atomic E-state index is 4.95. The van der Waals surface area contributed by atoms with Gasteiger partial charge in [-0.15, -0.1) is 0 Å². The third kappa shape index (κ3) is 2.76. The lowest BCUT2D eigenvalue weighted by Crippen LogP contribution is -2.46. The second-order valence-corrected chi connectivity index (χ2v) is 5.82. The number of pyridine rings is 1. The van der Waals surface area contributed by atoms with Gasteiger partial charge in [0.25, 0.3) is 0 Å². The fraction of sp³-hybridized carbons (Fsp3) is 0.688. The van der Waals surface area contributed by atoms with Gasteiger partial charge in [0.2, 0.25) is 0 Å². The largest absolute Gasteiger partial charge is 0.352 e. The maximum Gasteiger partial charge on any atom is 0.129 e. The molecular formula is C16H25N3. The SMILES string of the molecule is CCCN(c1ccc2c(n1)CCC2)C1CCCNC1. The number of nitrogens with one attached hydrogen (secondary N) is 1. The fourth-order valence-electron chi connectivity index (χ4n) is 3.39. The molecule has 2 aliphatic rings. The van der Waals surface area contributed by atoms with Gasteiger partial charge in [-0.05, 0) is 56.7 Å². The highest BCUT2D eigenvalue weighted by Gasteiger charge is 2.23. The lowest BCUT2D eigenvalue weighted by Gasteiger charge is -2.35. The molecule has 19 heavy (non-hydrogen) atoms. The van der Waals surface area contributed by atoms with Gasteiger partial charge in [0.1, 0.15) is 5.82 Å². The summed E-state index contributed by atoms with van der Waals surface area (Å²) in [6.07, 6.45) is 7.45. The normalized spacial score (nSPS) is 22.3. The summed E-state index contributed by atoms with van der Waals surface area (Å²) in [5.41, 5.74) is 2.82. The van der Waals surface area contributed by atoms with Crippen LogP contribution in [0.1, 0.15) is 43.9 Å². The van der Waals surface area contributed by atoms with E-state index in [2.05, 4.69) is 29.3 Å². The number of hydrogen-bond acceptors (Lipinski definition) is 3. The van der Waals surface area contributed by atoms with Crippen molar-refractivity contribution in [1.29, 1.82) is 0 Å². The van der Waals surface area contributed by atoms with E-state index in [4.69, 9.17) is 4.98 Å². The second kappa shape index (κ2) is 5.91. The van der Waals surface area contributed by atoms with Crippen LogP contribution in [0.25, 0.3) is 0 Å². The fourth-order valence-corrected chi connectivity index (χ4v) is 3.39. The first-order valence-corrected chi connectivity index (χ1v) is 7.84. The number of nitrogens with zero attached hydrogens (tertiary/aromatic N) is 2. The van der Waals surface area contributed by atoms with Crippen LogP contribution in [0.2, 0.25) is 0 Å². The van der Waals surface area contributed by atoms with Gasteiger partial charge in [0.05, 0.1) is 0 Å². The summed E-state index contributed by atoms with van der Waals surface area (Å²) < 4.78 is 0. The first kappa shape index (κ1) is 12.9. The Balaban J connectivity index is 1.82. The summed E-state index contributed by atoms with van der Waals surface area (Å²) in [5, 5.41) is 3.53. The number of aromatic nitrogens is 1. The smallest absolute Gasteiger partial charge is 0.129 e. The van der Waals surface area contributed by atoms with Gasteiger partial charge in [0, 0.05) is 24.8 Å². The predicted molar refractivity (Wildman–Crippen MR) is 79.8 cm³/mol. The van der Waals surface area contributed by atoms with Crippen molar-refractivity contribution in [2.45, 2.75) is 51.5 Å². The van der Waals surface area contributed by atoms with Crippen molar-refractivity contribution in [3.63, 3.8) is 0 Å². The van der Waals surface area contributed by atoms with Crippen LogP contribution in [0.3, 0.4) is 0 Å². The van der Waals surface area contributed by atoms with E-state index in [9.17, 15) is 0 Å². The lowest BCUT2D eigenvalue weighted by atomic mass is 10.1. The molecule has 0 amide bonds. The van der Waals surface area contributed by atoms with Crippen molar-refractivity contribution in [1.82, 2.24) is 10.3 Å². The van der Waals surface area contributed by atoms with Gasteiger partial charge < -0.3 is 10.2 Å². The van der Waals surface area contributed by atoms with Crippen LogP contribution in [0.5, 0.6) is 0 Å². The number of hydrogen-bond donors (Lipinski definition) is 1. The molecule has 1 aromatic rings. The Hall–Kier alpha value is -1.09. The van der Waals surface area contributed by atoms with Crippen molar-refractivity contribution >= 4 is 5.82 Å². The molecule has 0 bridgehead atoms. The molecule has 3 nitrogen and oxygen atoms in total. The Labute approximate surface area is 116 Å². The zero-order valence-electron chi connectivity index (χ0n) is 12.0. The molecule has 0 spiro atoms. The summed E-state index contributed by atoms with van der Waals surface area (Å²) in [5.74, 6) is 1.20. The topological polar surface area (TPSA) is 28.2 Å². The van der Waals surface area contributed by atoms with Crippen LogP contribution in [0.15, 0.2) is 12.1 Å². The highest BCUT2D eigenvalue weighted by atomic mass is 15.2. The zero-order valence-corrected chi connectivity index (χ0v) is 12.0. The van der Waals surface area contributed by atoms with Crippen molar-refractivity contribution < 1.29 is 0 Å². The molecule has 1 atom stereocenters. The van der Waals surface area contributed by atoms with Crippen molar-refractivity contribution in [3.8, 4) is 0 Å². The molecule has 0 aromatic carbocycles. The summed E-state index contributed by atoms with van der Waals surface area (Å²) >= 11 is 0. The van der Waals surface area contributed by atoms with Gasteiger partial charge in [-0.1, -0.05) is 13.0 Å². The molecule has 1 aliphatic heterocycles. The summed E-state index contributed by atoms with van der Waals surface area (Å²) in [4.78, 5) is 7.48. The Kier molecular flexibility index (Phi) is 4.02. The first-order valence-electron chi connectivity index (χ1n) is 7.84. The highest BCUT2D eigenvalue weighted by molar-refractivity contribution is 5.44. The molecule has 3 heteroatoms. The Bertz CT molecular complexity index is 424. The molecule has 1 fully saturated rings. The van der Waals surface area contributed by atoms with Crippen molar-refractivity contribution in [3.05, 3.63) is 23.4 Å². The second-order valence-electron chi connectivity index (χ2n) is 5.82. The Morgan fingerprint density at radius 1 is 1.32 bits per heavy atom. The number of anilines is 1. The third-order valence-electron chi connectivity index (χ3n) is 4.38. The highest BCUT2D eigenvalue weighted by Crippen LogP contribution is 2.25. The van der Waals surface area contributed by atoms with E-state index in [0.29, 0.717) is 6.04 Å². The van der Waals surface area contributed by atoms with E-state index >= 15 is 0 Å². The van der Waals surface area contributed by atoms with E-state index < -0.39 is 0 Å². The monoisotopic (exact) mass is 259 g/mol. The van der Waals surface area contributed by atoms with E-state index in [1.807, 2.05) is 0 Å². The van der Waals surface area contributed by atoms with Gasteiger partial charge in [-0.2, -0.15) is 0 Å². The van der Waals surface area contributed by atoms with Gasteiger partial charge >= 0.3 is 0 Å². The Morgan fingerprint density at radius 2 is 2.26 bits per heavy atom. The molecule has 2 heterocycles. The van der Waals surface area contributed by atoms with E-state index in [0.717, 1.165) is 13.1 Å². The number of aryl methyl sites for hydroxylation is 2. The van der Waals surface area contributed by atoms with Gasteiger partial charge in [-0.25, -0.2) is 4.98 Å². The average Bonchev–Trinajstić information content (AvgIpc) is 2.93. The summed E-state index contributed by atoms with van der Waals surface area (Å²) in [6, 6.07) is 5.18. The molecule has 1 aromatic heterocycles. The van der Waals surface area contributed by atoms with E-state index in [1.54, 1.807) is 0 Å². The maximum atomic E-state index is 4.95. The summed E-state index contributed by atoms with van der Waals surface area (Å²) in [7, 11) is 0. The molecule has 1 aliphatic carbocycles. The average molecular weight is 259 g/mol.